The molecule has 7 nitrogen and oxygen atoms in total. The van der Waals surface area contributed by atoms with Crippen molar-refractivity contribution in [2.24, 2.45) is 0 Å². The molecule has 0 spiro atoms. The molecule has 0 aromatic heterocycles. The highest BCUT2D eigenvalue weighted by Gasteiger charge is 2.33. The fourth-order valence-electron chi connectivity index (χ4n) is 4.01. The molecule has 4 rings (SSSR count). The Morgan fingerprint density at radius 3 is 2.00 bits per heavy atom. The molecule has 35 heavy (non-hydrogen) atoms. The number of rotatable bonds is 7. The van der Waals surface area contributed by atoms with Crippen molar-refractivity contribution in [2.45, 2.75) is 17.4 Å². The Labute approximate surface area is 204 Å². The number of amides is 2. The molecule has 1 aliphatic rings. The van der Waals surface area contributed by atoms with Crippen LogP contribution in [0.15, 0.2) is 89.8 Å². The van der Waals surface area contributed by atoms with E-state index in [9.17, 15) is 22.4 Å². The van der Waals surface area contributed by atoms with Gasteiger partial charge in [0.15, 0.2) is 0 Å². The molecule has 2 amide bonds. The van der Waals surface area contributed by atoms with E-state index in [2.05, 4.69) is 5.32 Å². The van der Waals surface area contributed by atoms with Crippen molar-refractivity contribution in [3.8, 4) is 0 Å². The highest BCUT2D eigenvalue weighted by molar-refractivity contribution is 7.89. The van der Waals surface area contributed by atoms with E-state index in [1.54, 1.807) is 29.2 Å². The minimum atomic E-state index is -3.79. The highest BCUT2D eigenvalue weighted by Crippen LogP contribution is 2.19. The van der Waals surface area contributed by atoms with Crippen LogP contribution < -0.4 is 5.32 Å². The number of halogens is 1. The van der Waals surface area contributed by atoms with Gasteiger partial charge in [-0.1, -0.05) is 48.5 Å². The maximum absolute atomic E-state index is 13.4. The maximum atomic E-state index is 13.4. The van der Waals surface area contributed by atoms with Gasteiger partial charge in [-0.15, -0.1) is 0 Å². The van der Waals surface area contributed by atoms with Gasteiger partial charge in [-0.05, 0) is 42.0 Å². The molecule has 9 heteroatoms. The zero-order chi connectivity index (χ0) is 24.8. The Kier molecular flexibility index (Phi) is 7.57. The van der Waals surface area contributed by atoms with E-state index in [-0.39, 0.29) is 42.9 Å². The zero-order valence-corrected chi connectivity index (χ0v) is 19.8. The SMILES string of the molecule is O=C(NC(Cc1ccccc1)C(=O)N1CCN(S(=O)(=O)c2ccc(F)cc2)CC1)c1ccccc1. The third-order valence-corrected chi connectivity index (χ3v) is 7.84. The summed E-state index contributed by atoms with van der Waals surface area (Å²) in [4.78, 5) is 27.8. The Hall–Kier alpha value is -3.56. The Balaban J connectivity index is 1.46. The Morgan fingerprint density at radius 2 is 1.40 bits per heavy atom. The lowest BCUT2D eigenvalue weighted by atomic mass is 10.0. The fourth-order valence-corrected chi connectivity index (χ4v) is 5.43. The average Bonchev–Trinajstić information content (AvgIpc) is 2.89. The van der Waals surface area contributed by atoms with E-state index < -0.39 is 21.9 Å². The molecule has 1 heterocycles. The third-order valence-electron chi connectivity index (χ3n) is 5.92. The summed E-state index contributed by atoms with van der Waals surface area (Å²) in [5.41, 5.74) is 1.35. The van der Waals surface area contributed by atoms with Crippen LogP contribution in [0.5, 0.6) is 0 Å². The number of piperazine rings is 1. The third kappa shape index (κ3) is 5.93. The molecule has 3 aromatic rings. The predicted octanol–water partition coefficient (Wildman–Crippen LogP) is 2.70. The maximum Gasteiger partial charge on any atom is 0.251 e. The van der Waals surface area contributed by atoms with Crippen LogP contribution in [0.25, 0.3) is 0 Å². The number of carbonyl (C=O) groups excluding carboxylic acids is 2. The summed E-state index contributed by atoms with van der Waals surface area (Å²) in [5.74, 6) is -1.13. The van der Waals surface area contributed by atoms with Crippen LogP contribution in [0.3, 0.4) is 0 Å². The predicted molar refractivity (Wildman–Crippen MR) is 130 cm³/mol. The lowest BCUT2D eigenvalue weighted by Crippen LogP contribution is -2.56. The van der Waals surface area contributed by atoms with Crippen molar-refractivity contribution in [3.05, 3.63) is 102 Å². The van der Waals surface area contributed by atoms with Crippen LogP contribution in [-0.2, 0) is 21.2 Å². The largest absolute Gasteiger partial charge is 0.340 e. The fraction of sp³-hybridized carbons (Fsp3) is 0.231. The van der Waals surface area contributed by atoms with Gasteiger partial charge in [0.2, 0.25) is 15.9 Å². The lowest BCUT2D eigenvalue weighted by Gasteiger charge is -2.36. The summed E-state index contributed by atoms with van der Waals surface area (Å²) in [6, 6.07) is 22.0. The van der Waals surface area contributed by atoms with Crippen molar-refractivity contribution in [2.75, 3.05) is 26.2 Å². The van der Waals surface area contributed by atoms with E-state index in [4.69, 9.17) is 0 Å². The smallest absolute Gasteiger partial charge is 0.251 e. The molecular formula is C26H26FN3O4S. The molecule has 1 atom stereocenters. The Bertz CT molecular complexity index is 1260. The molecule has 0 bridgehead atoms. The van der Waals surface area contributed by atoms with Gasteiger partial charge in [-0.25, -0.2) is 12.8 Å². The van der Waals surface area contributed by atoms with Crippen LogP contribution >= 0.6 is 0 Å². The molecule has 3 aromatic carbocycles. The molecule has 1 unspecified atom stereocenters. The van der Waals surface area contributed by atoms with Gasteiger partial charge in [0.1, 0.15) is 11.9 Å². The van der Waals surface area contributed by atoms with E-state index in [1.165, 1.54) is 16.4 Å². The summed E-state index contributed by atoms with van der Waals surface area (Å²) >= 11 is 0. The molecule has 0 radical (unpaired) electrons. The van der Waals surface area contributed by atoms with Crippen molar-refractivity contribution >= 4 is 21.8 Å². The molecule has 0 saturated carbocycles. The molecule has 0 aliphatic carbocycles. The van der Waals surface area contributed by atoms with Gasteiger partial charge in [-0.2, -0.15) is 4.31 Å². The standard InChI is InChI=1S/C26H26FN3O4S/c27-22-11-13-23(14-12-22)35(33,34)30-17-15-29(16-18-30)26(32)24(19-20-7-3-1-4-8-20)28-25(31)21-9-5-2-6-10-21/h1-14,24H,15-19H2,(H,28,31). The lowest BCUT2D eigenvalue weighted by molar-refractivity contribution is -0.134. The Morgan fingerprint density at radius 1 is 0.829 bits per heavy atom. The number of hydrogen-bond donors (Lipinski definition) is 1. The second-order valence-corrected chi connectivity index (χ2v) is 10.2. The molecule has 1 aliphatic heterocycles. The van der Waals surface area contributed by atoms with Gasteiger partial charge in [0, 0.05) is 38.2 Å². The van der Waals surface area contributed by atoms with Crippen LogP contribution in [0.1, 0.15) is 15.9 Å². The van der Waals surface area contributed by atoms with Crippen molar-refractivity contribution in [3.63, 3.8) is 0 Å². The average molecular weight is 496 g/mol. The van der Waals surface area contributed by atoms with E-state index in [0.29, 0.717) is 12.0 Å². The number of hydrogen-bond acceptors (Lipinski definition) is 4. The van der Waals surface area contributed by atoms with E-state index in [0.717, 1.165) is 17.7 Å². The summed E-state index contributed by atoms with van der Waals surface area (Å²) in [5, 5.41) is 2.85. The first-order valence-corrected chi connectivity index (χ1v) is 12.7. The quantitative estimate of drug-likeness (QED) is 0.546. The van der Waals surface area contributed by atoms with Crippen molar-refractivity contribution in [1.82, 2.24) is 14.5 Å². The first-order chi connectivity index (χ1) is 16.8. The van der Waals surface area contributed by atoms with Gasteiger partial charge in [-0.3, -0.25) is 9.59 Å². The summed E-state index contributed by atoms with van der Waals surface area (Å²) in [6.07, 6.45) is 0.312. The van der Waals surface area contributed by atoms with Gasteiger partial charge in [0.05, 0.1) is 4.90 Å². The topological polar surface area (TPSA) is 86.8 Å². The van der Waals surface area contributed by atoms with Crippen LogP contribution in [0.2, 0.25) is 0 Å². The van der Waals surface area contributed by atoms with Gasteiger partial charge < -0.3 is 10.2 Å². The first-order valence-electron chi connectivity index (χ1n) is 11.3. The summed E-state index contributed by atoms with van der Waals surface area (Å²) in [7, 11) is -3.79. The molecule has 1 N–H and O–H groups in total. The number of sulfonamides is 1. The monoisotopic (exact) mass is 495 g/mol. The van der Waals surface area contributed by atoms with E-state index in [1.807, 2.05) is 36.4 Å². The molecule has 182 valence electrons. The van der Waals surface area contributed by atoms with Crippen molar-refractivity contribution in [1.29, 1.82) is 0 Å². The molecule has 1 saturated heterocycles. The van der Waals surface area contributed by atoms with E-state index >= 15 is 0 Å². The summed E-state index contributed by atoms with van der Waals surface area (Å²) in [6.45, 7) is 0.587. The van der Waals surface area contributed by atoms with Gasteiger partial charge in [0.25, 0.3) is 5.91 Å². The second-order valence-electron chi connectivity index (χ2n) is 8.27. The minimum absolute atomic E-state index is 0.00996. The highest BCUT2D eigenvalue weighted by atomic mass is 32.2. The minimum Gasteiger partial charge on any atom is -0.340 e. The number of carbonyl (C=O) groups is 2. The van der Waals surface area contributed by atoms with Crippen molar-refractivity contribution < 1.29 is 22.4 Å². The number of benzene rings is 3. The van der Waals surface area contributed by atoms with Crippen LogP contribution in [0.4, 0.5) is 4.39 Å². The molecular weight excluding hydrogens is 469 g/mol. The number of nitrogens with zero attached hydrogens (tertiary/aromatic N) is 2. The second kappa shape index (κ2) is 10.8. The normalized spacial score (nSPS) is 15.4. The summed E-state index contributed by atoms with van der Waals surface area (Å²) < 4.78 is 40.3. The van der Waals surface area contributed by atoms with Crippen LogP contribution in [0, 0.1) is 5.82 Å². The molecule has 1 fully saturated rings. The van der Waals surface area contributed by atoms with Crippen LogP contribution in [-0.4, -0.2) is 61.7 Å². The first kappa shape index (κ1) is 24.6. The van der Waals surface area contributed by atoms with Gasteiger partial charge >= 0.3 is 0 Å². The number of nitrogens with one attached hydrogen (secondary N) is 1. The zero-order valence-electron chi connectivity index (χ0n) is 19.0.